The second-order valence-electron chi connectivity index (χ2n) is 9.65. The van der Waals surface area contributed by atoms with Gasteiger partial charge in [0.05, 0.1) is 21.3 Å². The molecule has 0 bridgehead atoms. The van der Waals surface area contributed by atoms with E-state index in [1.807, 2.05) is 12.1 Å². The number of amides is 1. The first-order valence-electron chi connectivity index (χ1n) is 12.0. The second-order valence-corrected chi connectivity index (χ2v) is 10.2. The van der Waals surface area contributed by atoms with E-state index >= 15 is 0 Å². The van der Waals surface area contributed by atoms with E-state index in [1.54, 1.807) is 21.3 Å². The van der Waals surface area contributed by atoms with Gasteiger partial charge in [-0.3, -0.25) is 4.79 Å². The van der Waals surface area contributed by atoms with Crippen molar-refractivity contribution >= 4 is 27.5 Å². The predicted octanol–water partition coefficient (Wildman–Crippen LogP) is 7.60. The molecule has 0 saturated carbocycles. The number of methoxy groups -OCH3 is 3. The third kappa shape index (κ3) is 7.39. The Balaban J connectivity index is 2.41. The van der Waals surface area contributed by atoms with Crippen molar-refractivity contribution in [2.45, 2.75) is 76.5 Å². The molecule has 2 aromatic carbocycles. The van der Waals surface area contributed by atoms with Crippen molar-refractivity contribution < 1.29 is 19.0 Å². The van der Waals surface area contributed by atoms with Gasteiger partial charge in [-0.2, -0.15) is 0 Å². The maximum Gasteiger partial charge on any atom is 0.224 e. The normalized spacial score (nSPS) is 12.2. The van der Waals surface area contributed by atoms with Gasteiger partial charge in [-0.25, -0.2) is 0 Å². The van der Waals surface area contributed by atoms with Crippen LogP contribution in [0.2, 0.25) is 0 Å². The van der Waals surface area contributed by atoms with Crippen LogP contribution < -0.4 is 19.5 Å². The van der Waals surface area contributed by atoms with Crippen molar-refractivity contribution in [1.29, 1.82) is 0 Å². The Morgan fingerprint density at radius 3 is 2.15 bits per heavy atom. The molecule has 188 valence electrons. The lowest BCUT2D eigenvalue weighted by atomic mass is 9.85. The zero-order valence-electron chi connectivity index (χ0n) is 21.7. The fourth-order valence-electron chi connectivity index (χ4n) is 4.28. The molecule has 2 aromatic rings. The molecule has 0 spiro atoms. The van der Waals surface area contributed by atoms with Crippen LogP contribution in [0.5, 0.6) is 17.2 Å². The van der Waals surface area contributed by atoms with Gasteiger partial charge < -0.3 is 19.5 Å². The number of benzene rings is 2. The number of hydrogen-bond acceptors (Lipinski definition) is 4. The van der Waals surface area contributed by atoms with E-state index in [9.17, 15) is 4.79 Å². The molecule has 0 aromatic heterocycles. The summed E-state index contributed by atoms with van der Waals surface area (Å²) in [5, 5.41) is 3.95. The number of rotatable bonds is 12. The highest BCUT2D eigenvalue weighted by Crippen LogP contribution is 2.43. The van der Waals surface area contributed by atoms with Gasteiger partial charge in [-0.05, 0) is 34.9 Å². The van der Waals surface area contributed by atoms with Crippen LogP contribution in [-0.4, -0.2) is 27.2 Å². The number of carbonyl (C=O) groups excluding carboxylic acids is 1. The molecule has 1 atom stereocenters. The number of halogens is 1. The molecule has 1 unspecified atom stereocenters. The van der Waals surface area contributed by atoms with E-state index in [1.165, 1.54) is 0 Å². The number of nitrogens with one attached hydrogen (secondary N) is 1. The summed E-state index contributed by atoms with van der Waals surface area (Å²) in [5.74, 6) is 1.97. The van der Waals surface area contributed by atoms with Gasteiger partial charge >= 0.3 is 0 Å². The van der Waals surface area contributed by atoms with Gasteiger partial charge in [-0.15, -0.1) is 0 Å². The van der Waals surface area contributed by atoms with E-state index in [4.69, 9.17) is 14.2 Å². The van der Waals surface area contributed by atoms with Crippen LogP contribution in [0.15, 0.2) is 30.3 Å². The minimum atomic E-state index is -0.0869. The number of alkyl halides is 1. The van der Waals surface area contributed by atoms with Crippen LogP contribution in [0.1, 0.15) is 82.4 Å². The minimum absolute atomic E-state index is 0.0151. The fourth-order valence-corrected chi connectivity index (χ4v) is 4.63. The third-order valence-corrected chi connectivity index (χ3v) is 6.72. The van der Waals surface area contributed by atoms with Crippen LogP contribution in [-0.2, 0) is 15.5 Å². The van der Waals surface area contributed by atoms with Crippen molar-refractivity contribution in [2.24, 2.45) is 0 Å². The molecule has 2 rings (SSSR count). The second kappa shape index (κ2) is 13.0. The number of unbranched alkanes of at least 4 members (excludes halogenated alkanes) is 2. The molecular weight excluding hydrogens is 494 g/mol. The van der Waals surface area contributed by atoms with E-state index in [0.29, 0.717) is 23.7 Å². The highest BCUT2D eigenvalue weighted by Gasteiger charge is 2.26. The van der Waals surface area contributed by atoms with E-state index in [2.05, 4.69) is 67.1 Å². The molecule has 0 aliphatic carbocycles. The monoisotopic (exact) mass is 533 g/mol. The number of carbonyl (C=O) groups is 1. The molecule has 1 N–H and O–H groups in total. The summed E-state index contributed by atoms with van der Waals surface area (Å²) in [7, 11) is 4.90. The summed E-state index contributed by atoms with van der Waals surface area (Å²) in [5.41, 5.74) is 3.95. The van der Waals surface area contributed by atoms with E-state index in [0.717, 1.165) is 53.4 Å². The number of hydrogen-bond donors (Lipinski definition) is 1. The zero-order chi connectivity index (χ0) is 25.3. The summed E-state index contributed by atoms with van der Waals surface area (Å²) >= 11 is 3.53. The predicted molar refractivity (Wildman–Crippen MR) is 144 cm³/mol. The van der Waals surface area contributed by atoms with Gasteiger partial charge in [-0.1, -0.05) is 75.0 Å². The smallest absolute Gasteiger partial charge is 0.224 e. The molecule has 1 amide bonds. The van der Waals surface area contributed by atoms with Gasteiger partial charge in [0, 0.05) is 35.1 Å². The molecule has 0 saturated heterocycles. The Labute approximate surface area is 213 Å². The number of ether oxygens (including phenoxy) is 3. The van der Waals surface area contributed by atoms with Crippen molar-refractivity contribution in [3.63, 3.8) is 0 Å². The van der Waals surface area contributed by atoms with E-state index in [-0.39, 0.29) is 17.2 Å². The minimum Gasteiger partial charge on any atom is -0.496 e. The van der Waals surface area contributed by atoms with Crippen molar-refractivity contribution in [3.05, 3.63) is 47.0 Å². The zero-order valence-corrected chi connectivity index (χ0v) is 23.3. The standard InChI is InChI=1S/C28H40BrNO4/c1-8-9-10-11-20(27-24(33-6)16-21(32-5)17-25(27)34-7)15-26(31)30-23-14-19(18-29)12-13-22(23)28(2,3)4/h12-14,16-17,20H,8-11,15,18H2,1-7H3,(H,30,31). The summed E-state index contributed by atoms with van der Waals surface area (Å²) in [6.45, 7) is 8.66. The molecule has 0 fully saturated rings. The maximum atomic E-state index is 13.4. The van der Waals surface area contributed by atoms with Crippen LogP contribution in [0.25, 0.3) is 0 Å². The van der Waals surface area contributed by atoms with Crippen LogP contribution in [0.4, 0.5) is 5.69 Å². The first-order chi connectivity index (χ1) is 16.2. The molecule has 5 nitrogen and oxygen atoms in total. The Morgan fingerprint density at radius 2 is 1.65 bits per heavy atom. The lowest BCUT2D eigenvalue weighted by Gasteiger charge is -2.25. The van der Waals surface area contributed by atoms with Crippen molar-refractivity contribution in [1.82, 2.24) is 0 Å². The van der Waals surface area contributed by atoms with Crippen LogP contribution in [0, 0.1) is 0 Å². The number of anilines is 1. The van der Waals surface area contributed by atoms with Gasteiger partial charge in [0.2, 0.25) is 5.91 Å². The fraction of sp³-hybridized carbons (Fsp3) is 0.536. The van der Waals surface area contributed by atoms with Crippen molar-refractivity contribution in [3.8, 4) is 17.2 Å². The van der Waals surface area contributed by atoms with Crippen molar-refractivity contribution in [2.75, 3.05) is 26.6 Å². The summed E-state index contributed by atoms with van der Waals surface area (Å²) in [6, 6.07) is 10.00. The summed E-state index contributed by atoms with van der Waals surface area (Å²) in [4.78, 5) is 13.4. The third-order valence-electron chi connectivity index (χ3n) is 6.07. The largest absolute Gasteiger partial charge is 0.496 e. The molecule has 0 aliphatic rings. The first kappa shape index (κ1) is 28.0. The molecule has 6 heteroatoms. The molecule has 0 aliphatic heterocycles. The quantitative estimate of drug-likeness (QED) is 0.225. The van der Waals surface area contributed by atoms with E-state index < -0.39 is 0 Å². The van der Waals surface area contributed by atoms with Gasteiger partial charge in [0.25, 0.3) is 0 Å². The molecule has 0 heterocycles. The average Bonchev–Trinajstić information content (AvgIpc) is 2.81. The Hall–Kier alpha value is -2.21. The molecular formula is C28H40BrNO4. The van der Waals surface area contributed by atoms with Gasteiger partial charge in [0.1, 0.15) is 17.2 Å². The van der Waals surface area contributed by atoms with Crippen LogP contribution in [0.3, 0.4) is 0 Å². The Morgan fingerprint density at radius 1 is 1.00 bits per heavy atom. The SMILES string of the molecule is CCCCCC(CC(=O)Nc1cc(CBr)ccc1C(C)(C)C)c1c(OC)cc(OC)cc1OC. The summed E-state index contributed by atoms with van der Waals surface area (Å²) < 4.78 is 16.8. The topological polar surface area (TPSA) is 56.8 Å². The highest BCUT2D eigenvalue weighted by atomic mass is 79.9. The Kier molecular flexibility index (Phi) is 10.7. The van der Waals surface area contributed by atoms with Crippen LogP contribution >= 0.6 is 15.9 Å². The van der Waals surface area contributed by atoms with Gasteiger partial charge in [0.15, 0.2) is 0 Å². The Bertz CT molecular complexity index is 927. The molecule has 0 radical (unpaired) electrons. The summed E-state index contributed by atoms with van der Waals surface area (Å²) in [6.07, 6.45) is 4.46. The average molecular weight is 535 g/mol. The molecule has 34 heavy (non-hydrogen) atoms. The highest BCUT2D eigenvalue weighted by molar-refractivity contribution is 9.08. The maximum absolute atomic E-state index is 13.4. The lowest BCUT2D eigenvalue weighted by molar-refractivity contribution is -0.116. The first-order valence-corrected chi connectivity index (χ1v) is 13.1. The lowest BCUT2D eigenvalue weighted by Crippen LogP contribution is -2.21.